The van der Waals surface area contributed by atoms with Crippen LogP contribution >= 0.6 is 0 Å². The lowest BCUT2D eigenvalue weighted by Gasteiger charge is -2.14. The van der Waals surface area contributed by atoms with Crippen molar-refractivity contribution in [2.24, 2.45) is 0 Å². The van der Waals surface area contributed by atoms with Crippen LogP contribution in [-0.4, -0.2) is 12.6 Å². The lowest BCUT2D eigenvalue weighted by molar-refractivity contribution is 0.466. The summed E-state index contributed by atoms with van der Waals surface area (Å²) in [4.78, 5) is 0. The average molecular weight is 153 g/mol. The molecule has 1 aliphatic rings. The molecule has 0 spiro atoms. The summed E-state index contributed by atoms with van der Waals surface area (Å²) in [6.07, 6.45) is 11.1. The summed E-state index contributed by atoms with van der Waals surface area (Å²) < 4.78 is 0. The Balaban J connectivity index is 2.13. The molecule has 0 bridgehead atoms. The quantitative estimate of drug-likeness (QED) is 0.614. The number of nitrogens with one attached hydrogen (secondary N) is 1. The largest absolute Gasteiger partial charge is 0.314 e. The molecule has 0 radical (unpaired) electrons. The van der Waals surface area contributed by atoms with Gasteiger partial charge in [-0.25, -0.2) is 0 Å². The van der Waals surface area contributed by atoms with Crippen LogP contribution in [0, 0.1) is 0 Å². The molecule has 0 saturated carbocycles. The summed E-state index contributed by atoms with van der Waals surface area (Å²) in [6, 6.07) is 0.782. The Kier molecular flexibility index (Phi) is 4.29. The lowest BCUT2D eigenvalue weighted by atomic mass is 10.1. The van der Waals surface area contributed by atoms with Gasteiger partial charge in [-0.2, -0.15) is 0 Å². The van der Waals surface area contributed by atoms with Crippen molar-refractivity contribution >= 4 is 0 Å². The molecule has 64 valence electrons. The van der Waals surface area contributed by atoms with Crippen molar-refractivity contribution in [3.63, 3.8) is 0 Å². The minimum atomic E-state index is 0.782. The Hall–Kier alpha value is -0.300. The average Bonchev–Trinajstić information content (AvgIpc) is 2.28. The van der Waals surface area contributed by atoms with Gasteiger partial charge in [-0.1, -0.05) is 19.1 Å². The van der Waals surface area contributed by atoms with Gasteiger partial charge in [-0.3, -0.25) is 0 Å². The Morgan fingerprint density at radius 2 is 1.91 bits per heavy atom. The molecule has 0 unspecified atom stereocenters. The minimum absolute atomic E-state index is 0.782. The van der Waals surface area contributed by atoms with Crippen LogP contribution in [0.1, 0.15) is 39.0 Å². The lowest BCUT2D eigenvalue weighted by Crippen LogP contribution is -2.28. The fourth-order valence-electron chi connectivity index (χ4n) is 1.53. The van der Waals surface area contributed by atoms with Gasteiger partial charge in [0, 0.05) is 6.04 Å². The standard InChI is InChI=1S/C10H19N/c1-2-9-11-10-7-5-3-4-6-8-10/h3-4,10-11H,2,5-9H2,1H3. The topological polar surface area (TPSA) is 12.0 Å². The van der Waals surface area contributed by atoms with Crippen LogP contribution in [-0.2, 0) is 0 Å². The normalized spacial score (nSPS) is 20.1. The third kappa shape index (κ3) is 3.57. The van der Waals surface area contributed by atoms with E-state index in [0.29, 0.717) is 0 Å². The van der Waals surface area contributed by atoms with Crippen molar-refractivity contribution < 1.29 is 0 Å². The van der Waals surface area contributed by atoms with Gasteiger partial charge < -0.3 is 5.32 Å². The van der Waals surface area contributed by atoms with E-state index in [4.69, 9.17) is 0 Å². The molecule has 0 amide bonds. The van der Waals surface area contributed by atoms with Gasteiger partial charge in [-0.15, -0.1) is 0 Å². The van der Waals surface area contributed by atoms with Crippen molar-refractivity contribution in [3.8, 4) is 0 Å². The number of hydrogen-bond donors (Lipinski definition) is 1. The van der Waals surface area contributed by atoms with Crippen LogP contribution in [0.3, 0.4) is 0 Å². The van der Waals surface area contributed by atoms with Crippen LogP contribution in [0.2, 0.25) is 0 Å². The molecule has 1 heteroatoms. The molecule has 0 atom stereocenters. The van der Waals surface area contributed by atoms with Gasteiger partial charge in [0.05, 0.1) is 0 Å². The van der Waals surface area contributed by atoms with E-state index in [2.05, 4.69) is 24.4 Å². The van der Waals surface area contributed by atoms with E-state index in [1.165, 1.54) is 38.6 Å². The van der Waals surface area contributed by atoms with Gasteiger partial charge in [0.15, 0.2) is 0 Å². The predicted molar refractivity (Wildman–Crippen MR) is 49.7 cm³/mol. The van der Waals surface area contributed by atoms with E-state index in [9.17, 15) is 0 Å². The second-order valence-electron chi connectivity index (χ2n) is 3.28. The zero-order valence-corrected chi connectivity index (χ0v) is 7.47. The molecule has 0 aromatic heterocycles. The molecule has 1 rings (SSSR count). The second kappa shape index (κ2) is 5.36. The molecule has 1 aliphatic carbocycles. The van der Waals surface area contributed by atoms with E-state index in [-0.39, 0.29) is 0 Å². The van der Waals surface area contributed by atoms with Crippen LogP contribution in [0.5, 0.6) is 0 Å². The van der Waals surface area contributed by atoms with Gasteiger partial charge in [0.2, 0.25) is 0 Å². The molecular formula is C10H19N. The van der Waals surface area contributed by atoms with E-state index < -0.39 is 0 Å². The number of allylic oxidation sites excluding steroid dienone is 2. The smallest absolute Gasteiger partial charge is 0.00729 e. The van der Waals surface area contributed by atoms with Gasteiger partial charge in [0.25, 0.3) is 0 Å². The molecule has 0 aromatic carbocycles. The van der Waals surface area contributed by atoms with Gasteiger partial charge in [0.1, 0.15) is 0 Å². The molecule has 0 heterocycles. The first-order valence-corrected chi connectivity index (χ1v) is 4.82. The highest BCUT2D eigenvalue weighted by Gasteiger charge is 2.06. The van der Waals surface area contributed by atoms with E-state index in [1.807, 2.05) is 0 Å². The minimum Gasteiger partial charge on any atom is -0.314 e. The summed E-state index contributed by atoms with van der Waals surface area (Å²) in [5, 5.41) is 3.57. The summed E-state index contributed by atoms with van der Waals surface area (Å²) in [6.45, 7) is 3.41. The Morgan fingerprint density at radius 3 is 2.45 bits per heavy atom. The first-order valence-electron chi connectivity index (χ1n) is 4.82. The van der Waals surface area contributed by atoms with Gasteiger partial charge in [-0.05, 0) is 38.6 Å². The van der Waals surface area contributed by atoms with Crippen LogP contribution < -0.4 is 5.32 Å². The maximum atomic E-state index is 3.57. The van der Waals surface area contributed by atoms with Crippen LogP contribution in [0.25, 0.3) is 0 Å². The highest BCUT2D eigenvalue weighted by molar-refractivity contribution is 4.88. The van der Waals surface area contributed by atoms with Crippen molar-refractivity contribution in [2.45, 2.75) is 45.1 Å². The first-order chi connectivity index (χ1) is 5.43. The Bertz CT molecular complexity index is 108. The summed E-state index contributed by atoms with van der Waals surface area (Å²) in [5.41, 5.74) is 0. The summed E-state index contributed by atoms with van der Waals surface area (Å²) in [7, 11) is 0. The Morgan fingerprint density at radius 1 is 1.27 bits per heavy atom. The molecule has 1 nitrogen and oxygen atoms in total. The van der Waals surface area contributed by atoms with Crippen molar-refractivity contribution in [3.05, 3.63) is 12.2 Å². The number of rotatable bonds is 3. The highest BCUT2D eigenvalue weighted by Crippen LogP contribution is 2.10. The van der Waals surface area contributed by atoms with Crippen molar-refractivity contribution in [1.29, 1.82) is 0 Å². The van der Waals surface area contributed by atoms with Gasteiger partial charge >= 0.3 is 0 Å². The molecular weight excluding hydrogens is 134 g/mol. The fourth-order valence-corrected chi connectivity index (χ4v) is 1.53. The molecule has 0 fully saturated rings. The van der Waals surface area contributed by atoms with Crippen molar-refractivity contribution in [1.82, 2.24) is 5.32 Å². The molecule has 0 aliphatic heterocycles. The van der Waals surface area contributed by atoms with E-state index in [1.54, 1.807) is 0 Å². The molecule has 0 saturated heterocycles. The zero-order chi connectivity index (χ0) is 7.94. The van der Waals surface area contributed by atoms with E-state index >= 15 is 0 Å². The molecule has 0 aromatic rings. The SMILES string of the molecule is CCCNC1CCC=CCC1. The zero-order valence-electron chi connectivity index (χ0n) is 7.47. The maximum absolute atomic E-state index is 3.57. The van der Waals surface area contributed by atoms with E-state index in [0.717, 1.165) is 6.04 Å². The Labute approximate surface area is 69.9 Å². The summed E-state index contributed by atoms with van der Waals surface area (Å²) in [5.74, 6) is 0. The molecule has 11 heavy (non-hydrogen) atoms. The predicted octanol–water partition coefficient (Wildman–Crippen LogP) is 2.48. The monoisotopic (exact) mass is 153 g/mol. The molecule has 1 N–H and O–H groups in total. The first kappa shape index (κ1) is 8.79. The summed E-state index contributed by atoms with van der Waals surface area (Å²) >= 11 is 0. The van der Waals surface area contributed by atoms with Crippen LogP contribution in [0.4, 0.5) is 0 Å². The maximum Gasteiger partial charge on any atom is 0.00729 e. The highest BCUT2D eigenvalue weighted by atomic mass is 14.9. The second-order valence-corrected chi connectivity index (χ2v) is 3.28. The fraction of sp³-hybridized carbons (Fsp3) is 0.800. The number of hydrogen-bond acceptors (Lipinski definition) is 1. The van der Waals surface area contributed by atoms with Crippen LogP contribution in [0.15, 0.2) is 12.2 Å². The third-order valence-electron chi connectivity index (χ3n) is 2.21. The van der Waals surface area contributed by atoms with Crippen molar-refractivity contribution in [2.75, 3.05) is 6.54 Å². The third-order valence-corrected chi connectivity index (χ3v) is 2.21.